The van der Waals surface area contributed by atoms with Gasteiger partial charge in [0.15, 0.2) is 27.3 Å². The molecule has 0 unspecified atom stereocenters. The number of fused-ring (bicyclic) bond motifs is 1. The molecule has 2 aliphatic heterocycles. The number of ether oxygens (including phenoxy) is 2. The van der Waals surface area contributed by atoms with Crippen LogP contribution >= 0.6 is 0 Å². The highest BCUT2D eigenvalue weighted by atomic mass is 32.2. The summed E-state index contributed by atoms with van der Waals surface area (Å²) < 4.78 is 34.0. The van der Waals surface area contributed by atoms with Crippen LogP contribution in [0.1, 0.15) is 18.1 Å². The van der Waals surface area contributed by atoms with Gasteiger partial charge in [-0.25, -0.2) is 8.42 Å². The van der Waals surface area contributed by atoms with E-state index >= 15 is 0 Å². The van der Waals surface area contributed by atoms with Gasteiger partial charge in [-0.15, -0.1) is 0 Å². The van der Waals surface area contributed by atoms with Gasteiger partial charge < -0.3 is 19.7 Å². The Balaban J connectivity index is 1.64. The Hall–Kier alpha value is -2.00. The van der Waals surface area contributed by atoms with Crippen molar-refractivity contribution in [3.8, 4) is 11.5 Å². The standard InChI is InChI=1S/C20H32N4O4S/c1-4-21-20(22-6-8-23-9-11-29(25,26)12-10-23)24-7-5-16-13-18(27-2)19(28-3)14-17(16)15-24/h13-14H,4-12,15H2,1-3H3,(H,21,22). The minimum Gasteiger partial charge on any atom is -0.493 e. The summed E-state index contributed by atoms with van der Waals surface area (Å²) in [6.07, 6.45) is 0.921. The van der Waals surface area contributed by atoms with E-state index in [1.807, 2.05) is 0 Å². The van der Waals surface area contributed by atoms with Crippen molar-refractivity contribution in [2.45, 2.75) is 19.9 Å². The van der Waals surface area contributed by atoms with Crippen molar-refractivity contribution in [3.05, 3.63) is 23.3 Å². The summed E-state index contributed by atoms with van der Waals surface area (Å²) in [5.41, 5.74) is 2.50. The number of hydrogen-bond acceptors (Lipinski definition) is 6. The fraction of sp³-hybridized carbons (Fsp3) is 0.650. The maximum absolute atomic E-state index is 11.6. The van der Waals surface area contributed by atoms with Crippen molar-refractivity contribution in [1.29, 1.82) is 0 Å². The van der Waals surface area contributed by atoms with E-state index in [2.05, 4.69) is 34.2 Å². The monoisotopic (exact) mass is 424 g/mol. The number of rotatable bonds is 6. The normalized spacial score (nSPS) is 19.6. The summed E-state index contributed by atoms with van der Waals surface area (Å²) in [5, 5.41) is 3.39. The van der Waals surface area contributed by atoms with Gasteiger partial charge in [-0.3, -0.25) is 9.89 Å². The van der Waals surface area contributed by atoms with Gasteiger partial charge in [-0.05, 0) is 36.6 Å². The smallest absolute Gasteiger partial charge is 0.194 e. The minimum atomic E-state index is -2.84. The molecule has 0 bridgehead atoms. The molecular weight excluding hydrogens is 392 g/mol. The molecule has 3 rings (SSSR count). The van der Waals surface area contributed by atoms with Gasteiger partial charge in [0.25, 0.3) is 0 Å². The van der Waals surface area contributed by atoms with Crippen molar-refractivity contribution in [1.82, 2.24) is 15.1 Å². The number of guanidine groups is 1. The number of aliphatic imine (C=N–C) groups is 1. The lowest BCUT2D eigenvalue weighted by atomic mass is 9.99. The van der Waals surface area contributed by atoms with Crippen LogP contribution < -0.4 is 14.8 Å². The van der Waals surface area contributed by atoms with Crippen LogP contribution in [0.4, 0.5) is 0 Å². The van der Waals surface area contributed by atoms with E-state index in [0.717, 1.165) is 50.1 Å². The van der Waals surface area contributed by atoms with Gasteiger partial charge >= 0.3 is 0 Å². The van der Waals surface area contributed by atoms with Crippen LogP contribution in [0, 0.1) is 0 Å². The fourth-order valence-corrected chi connectivity index (χ4v) is 5.04. The van der Waals surface area contributed by atoms with Gasteiger partial charge in [0.2, 0.25) is 0 Å². The van der Waals surface area contributed by atoms with E-state index in [4.69, 9.17) is 14.5 Å². The molecule has 0 saturated carbocycles. The van der Waals surface area contributed by atoms with Crippen LogP contribution in [0.15, 0.2) is 17.1 Å². The molecule has 1 N–H and O–H groups in total. The summed E-state index contributed by atoms with van der Waals surface area (Å²) in [7, 11) is 0.475. The highest BCUT2D eigenvalue weighted by molar-refractivity contribution is 7.91. The molecule has 0 spiro atoms. The average molecular weight is 425 g/mol. The zero-order chi connectivity index (χ0) is 20.9. The summed E-state index contributed by atoms with van der Waals surface area (Å²) in [6.45, 7) is 7.16. The van der Waals surface area contributed by atoms with Gasteiger partial charge in [0.05, 0.1) is 32.3 Å². The van der Waals surface area contributed by atoms with Crippen molar-refractivity contribution < 1.29 is 17.9 Å². The molecule has 1 fully saturated rings. The molecule has 29 heavy (non-hydrogen) atoms. The summed E-state index contributed by atoms with van der Waals surface area (Å²) in [4.78, 5) is 9.24. The Kier molecular flexibility index (Phi) is 7.23. The van der Waals surface area contributed by atoms with Crippen LogP contribution in [-0.2, 0) is 22.8 Å². The predicted octanol–water partition coefficient (Wildman–Crippen LogP) is 0.758. The number of benzene rings is 1. The number of hydrogen-bond donors (Lipinski definition) is 1. The number of nitrogens with one attached hydrogen (secondary N) is 1. The predicted molar refractivity (Wildman–Crippen MR) is 115 cm³/mol. The van der Waals surface area contributed by atoms with Crippen molar-refractivity contribution in [3.63, 3.8) is 0 Å². The number of methoxy groups -OCH3 is 2. The topological polar surface area (TPSA) is 83.5 Å². The molecule has 1 aromatic carbocycles. The lowest BCUT2D eigenvalue weighted by Crippen LogP contribution is -2.45. The maximum atomic E-state index is 11.6. The molecule has 1 saturated heterocycles. The maximum Gasteiger partial charge on any atom is 0.194 e. The van der Waals surface area contributed by atoms with E-state index < -0.39 is 9.84 Å². The Morgan fingerprint density at radius 2 is 1.76 bits per heavy atom. The third-order valence-electron chi connectivity index (χ3n) is 5.47. The molecule has 0 radical (unpaired) electrons. The minimum absolute atomic E-state index is 0.255. The zero-order valence-corrected chi connectivity index (χ0v) is 18.4. The van der Waals surface area contributed by atoms with Crippen LogP contribution in [0.3, 0.4) is 0 Å². The highest BCUT2D eigenvalue weighted by Gasteiger charge is 2.23. The van der Waals surface area contributed by atoms with Gasteiger partial charge in [-0.2, -0.15) is 0 Å². The van der Waals surface area contributed by atoms with Gasteiger partial charge in [0.1, 0.15) is 0 Å². The third-order valence-corrected chi connectivity index (χ3v) is 7.08. The van der Waals surface area contributed by atoms with Crippen molar-refractivity contribution in [2.24, 2.45) is 4.99 Å². The molecule has 9 heteroatoms. The van der Waals surface area contributed by atoms with Crippen LogP contribution in [-0.4, -0.2) is 89.2 Å². The second-order valence-corrected chi connectivity index (χ2v) is 9.68. The second-order valence-electron chi connectivity index (χ2n) is 7.38. The van der Waals surface area contributed by atoms with E-state index in [1.165, 1.54) is 11.1 Å². The Labute approximate surface area is 173 Å². The number of nitrogens with zero attached hydrogens (tertiary/aromatic N) is 3. The third kappa shape index (κ3) is 5.54. The Bertz CT molecular complexity index is 827. The first-order chi connectivity index (χ1) is 14.0. The van der Waals surface area contributed by atoms with Crippen molar-refractivity contribution >= 4 is 15.8 Å². The lowest BCUT2D eigenvalue weighted by molar-refractivity contribution is 0.302. The van der Waals surface area contributed by atoms with E-state index in [1.54, 1.807) is 14.2 Å². The Morgan fingerprint density at radius 1 is 1.10 bits per heavy atom. The van der Waals surface area contributed by atoms with E-state index in [0.29, 0.717) is 19.6 Å². The van der Waals surface area contributed by atoms with E-state index in [-0.39, 0.29) is 11.5 Å². The summed E-state index contributed by atoms with van der Waals surface area (Å²) in [5.74, 6) is 2.92. The first-order valence-electron chi connectivity index (χ1n) is 10.2. The van der Waals surface area contributed by atoms with Crippen LogP contribution in [0.25, 0.3) is 0 Å². The molecule has 162 valence electrons. The van der Waals surface area contributed by atoms with Gasteiger partial charge in [-0.1, -0.05) is 0 Å². The van der Waals surface area contributed by atoms with Crippen LogP contribution in [0.5, 0.6) is 11.5 Å². The van der Waals surface area contributed by atoms with Crippen molar-refractivity contribution in [2.75, 3.05) is 65.0 Å². The summed E-state index contributed by atoms with van der Waals surface area (Å²) in [6, 6.07) is 4.12. The van der Waals surface area contributed by atoms with E-state index in [9.17, 15) is 8.42 Å². The van der Waals surface area contributed by atoms with Gasteiger partial charge in [0, 0.05) is 39.3 Å². The second kappa shape index (κ2) is 9.67. The molecule has 0 amide bonds. The largest absolute Gasteiger partial charge is 0.493 e. The molecule has 8 nitrogen and oxygen atoms in total. The average Bonchev–Trinajstić information content (AvgIpc) is 2.72. The molecule has 2 aliphatic rings. The first-order valence-corrected chi connectivity index (χ1v) is 12.0. The first kappa shape index (κ1) is 21.7. The fourth-order valence-electron chi connectivity index (χ4n) is 3.76. The Morgan fingerprint density at radius 3 is 2.38 bits per heavy atom. The quantitative estimate of drug-likeness (QED) is 0.533. The SMILES string of the molecule is CCNC(=NCCN1CCS(=O)(=O)CC1)N1CCc2cc(OC)c(OC)cc2C1. The molecule has 0 atom stereocenters. The molecular formula is C20H32N4O4S. The molecule has 2 heterocycles. The molecule has 0 aliphatic carbocycles. The molecule has 0 aromatic heterocycles. The zero-order valence-electron chi connectivity index (χ0n) is 17.6. The highest BCUT2D eigenvalue weighted by Crippen LogP contribution is 2.33. The van der Waals surface area contributed by atoms with Crippen LogP contribution in [0.2, 0.25) is 0 Å². The molecule has 1 aromatic rings. The lowest BCUT2D eigenvalue weighted by Gasteiger charge is -2.32. The number of sulfone groups is 1. The summed E-state index contributed by atoms with van der Waals surface area (Å²) >= 11 is 0.